The van der Waals surface area contributed by atoms with Crippen molar-refractivity contribution in [3.8, 4) is 11.5 Å². The van der Waals surface area contributed by atoms with Gasteiger partial charge in [0.1, 0.15) is 42.2 Å². The van der Waals surface area contributed by atoms with Crippen LogP contribution < -0.4 is 4.74 Å². The Hall–Kier alpha value is -2.33. The number of methoxy groups -OCH3 is 1. The second-order valence-corrected chi connectivity index (χ2v) is 8.80. The Morgan fingerprint density at radius 2 is 1.83 bits per heavy atom. The fraction of sp³-hybridized carbons (Fsp3) is 0.609. The molecule has 1 heterocycles. The van der Waals surface area contributed by atoms with E-state index in [1.807, 2.05) is 0 Å². The molecule has 1 aromatic carbocycles. The first-order valence-electron chi connectivity index (χ1n) is 11.2. The molecule has 0 bridgehead atoms. The number of carbonyl (C=O) groups is 1. The zero-order valence-corrected chi connectivity index (χ0v) is 19.5. The topological polar surface area (TPSA) is 216 Å². The van der Waals surface area contributed by atoms with Crippen LogP contribution in [0.25, 0.3) is 6.08 Å². The summed E-state index contributed by atoms with van der Waals surface area (Å²) in [4.78, 5) is 12.5. The molecule has 202 valence electrons. The number of benzene rings is 1. The van der Waals surface area contributed by atoms with Gasteiger partial charge in [-0.3, -0.25) is 0 Å². The molecule has 0 aromatic heterocycles. The Morgan fingerprint density at radius 3 is 2.44 bits per heavy atom. The van der Waals surface area contributed by atoms with Gasteiger partial charge >= 0.3 is 5.97 Å². The fourth-order valence-corrected chi connectivity index (χ4v) is 4.41. The molecule has 1 saturated heterocycles. The number of esters is 1. The molecule has 0 amide bonds. The van der Waals surface area contributed by atoms with Crippen LogP contribution in [0.5, 0.6) is 11.5 Å². The number of aliphatic hydroxyl groups is 7. The fourth-order valence-electron chi connectivity index (χ4n) is 4.41. The number of hydrogen-bond donors (Lipinski definition) is 8. The maximum absolute atomic E-state index is 12.5. The lowest BCUT2D eigenvalue weighted by atomic mass is 9.96. The molecule has 3 rings (SSSR count). The van der Waals surface area contributed by atoms with Gasteiger partial charge in [0.2, 0.25) is 0 Å². The highest BCUT2D eigenvalue weighted by molar-refractivity contribution is 5.87. The highest BCUT2D eigenvalue weighted by Crippen LogP contribution is 2.42. The summed E-state index contributed by atoms with van der Waals surface area (Å²) in [6.07, 6.45) is -8.91. The summed E-state index contributed by atoms with van der Waals surface area (Å²) < 4.78 is 21.3. The minimum Gasteiger partial charge on any atom is -0.504 e. The minimum absolute atomic E-state index is 0.0863. The van der Waals surface area contributed by atoms with Gasteiger partial charge in [-0.25, -0.2) is 4.79 Å². The molecule has 1 saturated carbocycles. The maximum atomic E-state index is 12.5. The largest absolute Gasteiger partial charge is 0.504 e. The lowest BCUT2D eigenvalue weighted by molar-refractivity contribution is -0.338. The number of carbonyl (C=O) groups excluding carboxylic acids is 1. The molecular formula is C23H32O13. The molecule has 2 fully saturated rings. The maximum Gasteiger partial charge on any atom is 0.331 e. The first-order valence-corrected chi connectivity index (χ1v) is 11.2. The number of ether oxygens (including phenoxy) is 4. The van der Waals surface area contributed by atoms with Crippen LogP contribution in [0, 0.1) is 5.92 Å². The van der Waals surface area contributed by atoms with Crippen molar-refractivity contribution in [1.82, 2.24) is 0 Å². The Bertz CT molecular complexity index is 921. The van der Waals surface area contributed by atoms with Crippen molar-refractivity contribution in [3.05, 3.63) is 29.8 Å². The SMILES string of the molecule is COc1cc(C=CC(=O)O[C@@H]2[C@@H](CO)C[C@@](CO)(O[C@H]3O[C@H](CO)[C@@H](O)[C@H](O)[C@H]3O)[C@H]2O)ccc1O. The predicted octanol–water partition coefficient (Wildman–Crippen LogP) is -2.75. The lowest BCUT2D eigenvalue weighted by Crippen LogP contribution is -2.62. The molecule has 1 aliphatic carbocycles. The van der Waals surface area contributed by atoms with Gasteiger partial charge in [-0.2, -0.15) is 0 Å². The Kier molecular flexibility index (Phi) is 9.27. The summed E-state index contributed by atoms with van der Waals surface area (Å²) in [5.74, 6) is -1.65. The average Bonchev–Trinajstić information content (AvgIpc) is 3.14. The summed E-state index contributed by atoms with van der Waals surface area (Å²) in [5.41, 5.74) is -1.37. The van der Waals surface area contributed by atoms with Crippen LogP contribution in [0.4, 0.5) is 0 Å². The van der Waals surface area contributed by atoms with E-state index in [2.05, 4.69) is 0 Å². The van der Waals surface area contributed by atoms with E-state index >= 15 is 0 Å². The summed E-state index contributed by atoms with van der Waals surface area (Å²) in [5, 5.41) is 80.1. The summed E-state index contributed by atoms with van der Waals surface area (Å²) in [6.45, 7) is -2.09. The van der Waals surface area contributed by atoms with Crippen LogP contribution >= 0.6 is 0 Å². The van der Waals surface area contributed by atoms with Gasteiger partial charge in [-0.05, 0) is 30.2 Å². The average molecular weight is 516 g/mol. The monoisotopic (exact) mass is 516 g/mol. The van der Waals surface area contributed by atoms with Crippen molar-refractivity contribution >= 4 is 12.0 Å². The Balaban J connectivity index is 1.74. The van der Waals surface area contributed by atoms with E-state index in [1.54, 1.807) is 0 Å². The van der Waals surface area contributed by atoms with Crippen molar-refractivity contribution in [2.24, 2.45) is 5.92 Å². The number of hydrogen-bond acceptors (Lipinski definition) is 13. The number of aromatic hydroxyl groups is 1. The van der Waals surface area contributed by atoms with Gasteiger partial charge in [0, 0.05) is 18.6 Å². The first kappa shape index (κ1) is 28.2. The number of aliphatic hydroxyl groups excluding tert-OH is 7. The van der Waals surface area contributed by atoms with Gasteiger partial charge in [-0.15, -0.1) is 0 Å². The number of rotatable bonds is 9. The molecule has 1 aliphatic heterocycles. The van der Waals surface area contributed by atoms with E-state index in [0.29, 0.717) is 5.56 Å². The third kappa shape index (κ3) is 5.64. The second kappa shape index (κ2) is 11.8. The zero-order chi connectivity index (χ0) is 26.6. The number of phenols is 1. The zero-order valence-electron chi connectivity index (χ0n) is 19.5. The van der Waals surface area contributed by atoms with Crippen LogP contribution in [0.3, 0.4) is 0 Å². The Morgan fingerprint density at radius 1 is 1.11 bits per heavy atom. The highest BCUT2D eigenvalue weighted by atomic mass is 16.7. The summed E-state index contributed by atoms with van der Waals surface area (Å²) in [6, 6.07) is 4.37. The quantitative estimate of drug-likeness (QED) is 0.123. The molecule has 13 heteroatoms. The minimum atomic E-state index is -1.87. The van der Waals surface area contributed by atoms with Crippen LogP contribution in [0.2, 0.25) is 0 Å². The van der Waals surface area contributed by atoms with E-state index < -0.39 is 80.2 Å². The van der Waals surface area contributed by atoms with Gasteiger partial charge in [0.05, 0.1) is 20.3 Å². The molecule has 13 nitrogen and oxygen atoms in total. The van der Waals surface area contributed by atoms with Crippen molar-refractivity contribution in [1.29, 1.82) is 0 Å². The Labute approximate surface area is 206 Å². The molecule has 0 radical (unpaired) electrons. The summed E-state index contributed by atoms with van der Waals surface area (Å²) in [7, 11) is 1.37. The van der Waals surface area contributed by atoms with Crippen LogP contribution in [-0.4, -0.2) is 122 Å². The molecule has 0 spiro atoms. The lowest BCUT2D eigenvalue weighted by Gasteiger charge is -2.43. The van der Waals surface area contributed by atoms with Crippen LogP contribution in [0.15, 0.2) is 24.3 Å². The number of phenolic OH excluding ortho intramolecular Hbond substituents is 1. The molecule has 1 aromatic rings. The summed E-state index contributed by atoms with van der Waals surface area (Å²) >= 11 is 0. The first-order chi connectivity index (χ1) is 17.1. The molecular weight excluding hydrogens is 484 g/mol. The predicted molar refractivity (Wildman–Crippen MR) is 119 cm³/mol. The third-order valence-corrected chi connectivity index (χ3v) is 6.49. The molecule has 2 aliphatic rings. The third-order valence-electron chi connectivity index (χ3n) is 6.49. The van der Waals surface area contributed by atoms with Crippen LogP contribution in [-0.2, 0) is 19.0 Å². The van der Waals surface area contributed by atoms with E-state index in [4.69, 9.17) is 18.9 Å². The molecule has 8 N–H and O–H groups in total. The van der Waals surface area contributed by atoms with Crippen molar-refractivity contribution < 1.29 is 64.6 Å². The van der Waals surface area contributed by atoms with Gasteiger partial charge < -0.3 is 59.8 Å². The molecule has 0 unspecified atom stereocenters. The van der Waals surface area contributed by atoms with Crippen molar-refractivity contribution in [2.75, 3.05) is 26.9 Å². The smallest absolute Gasteiger partial charge is 0.331 e. The van der Waals surface area contributed by atoms with Gasteiger partial charge in [-0.1, -0.05) is 6.07 Å². The van der Waals surface area contributed by atoms with E-state index in [1.165, 1.54) is 31.4 Å². The standard InChI is InChI=1S/C23H32O13/c1-33-14-6-11(2-4-13(14)27)3-5-16(28)35-20-12(8-24)7-23(10-26,21(20)32)36-22-19(31)18(30)17(29)15(9-25)34-22/h2-6,12,15,17-22,24-27,29-32H,7-10H2,1H3/t12-,15-,17-,18+,19-,20-,21+,22-,23+/m1/s1. The highest BCUT2D eigenvalue weighted by Gasteiger charge is 2.58. The molecule has 36 heavy (non-hydrogen) atoms. The van der Waals surface area contributed by atoms with Gasteiger partial charge in [0.25, 0.3) is 0 Å². The molecule has 9 atom stereocenters. The van der Waals surface area contributed by atoms with E-state index in [-0.39, 0.29) is 17.9 Å². The van der Waals surface area contributed by atoms with E-state index in [9.17, 15) is 45.6 Å². The second-order valence-electron chi connectivity index (χ2n) is 8.80. The normalized spacial score (nSPS) is 36.8. The van der Waals surface area contributed by atoms with Gasteiger partial charge in [0.15, 0.2) is 17.8 Å². The van der Waals surface area contributed by atoms with Crippen LogP contribution in [0.1, 0.15) is 12.0 Å². The van der Waals surface area contributed by atoms with Crippen molar-refractivity contribution in [2.45, 2.75) is 54.9 Å². The van der Waals surface area contributed by atoms with E-state index in [0.717, 1.165) is 6.08 Å². The van der Waals surface area contributed by atoms with Crippen molar-refractivity contribution in [3.63, 3.8) is 0 Å².